The van der Waals surface area contributed by atoms with Crippen molar-refractivity contribution in [1.29, 1.82) is 0 Å². The summed E-state index contributed by atoms with van der Waals surface area (Å²) in [4.78, 5) is 13.2. The first-order valence-corrected chi connectivity index (χ1v) is 7.15. The number of pyridine rings is 1. The quantitative estimate of drug-likeness (QED) is 0.751. The molecule has 1 aliphatic rings. The molecule has 1 aliphatic carbocycles. The monoisotopic (exact) mass is 280 g/mol. The van der Waals surface area contributed by atoms with E-state index in [2.05, 4.69) is 30.5 Å². The number of hydrogen-bond donors (Lipinski definition) is 2. The van der Waals surface area contributed by atoms with Crippen LogP contribution in [-0.2, 0) is 12.8 Å². The summed E-state index contributed by atoms with van der Waals surface area (Å²) in [5, 5.41) is 10.7. The zero-order valence-corrected chi connectivity index (χ0v) is 11.8. The lowest BCUT2D eigenvalue weighted by molar-refractivity contribution is 0.603. The van der Waals surface area contributed by atoms with E-state index in [4.69, 9.17) is 0 Å². The lowest BCUT2D eigenvalue weighted by Gasteiger charge is -2.23. The van der Waals surface area contributed by atoms with Crippen molar-refractivity contribution in [3.63, 3.8) is 0 Å². The van der Waals surface area contributed by atoms with Crippen LogP contribution in [0.25, 0.3) is 11.0 Å². The van der Waals surface area contributed by atoms with Gasteiger partial charge in [-0.15, -0.1) is 0 Å². The van der Waals surface area contributed by atoms with E-state index < -0.39 is 0 Å². The fraction of sp³-hybridized carbons (Fsp3) is 0.333. The van der Waals surface area contributed by atoms with Gasteiger partial charge in [-0.3, -0.25) is 5.10 Å². The van der Waals surface area contributed by atoms with Gasteiger partial charge in [-0.05, 0) is 43.9 Å². The minimum atomic E-state index is 0.357. The molecular weight excluding hydrogens is 264 g/mol. The van der Waals surface area contributed by atoms with Gasteiger partial charge in [-0.2, -0.15) is 5.10 Å². The minimum Gasteiger partial charge on any atom is -0.365 e. The van der Waals surface area contributed by atoms with E-state index >= 15 is 0 Å². The zero-order valence-electron chi connectivity index (χ0n) is 11.8. The summed E-state index contributed by atoms with van der Waals surface area (Å²) in [6.45, 7) is 1.98. The lowest BCUT2D eigenvalue weighted by atomic mass is 9.93. The Morgan fingerprint density at radius 1 is 1.29 bits per heavy atom. The Morgan fingerprint density at radius 3 is 3.19 bits per heavy atom. The molecule has 0 radical (unpaired) electrons. The molecule has 0 spiro atoms. The summed E-state index contributed by atoms with van der Waals surface area (Å²) >= 11 is 0. The Balaban J connectivity index is 1.64. The van der Waals surface area contributed by atoms with Crippen LogP contribution in [0.4, 0.5) is 5.82 Å². The molecule has 106 valence electrons. The van der Waals surface area contributed by atoms with Gasteiger partial charge in [0.05, 0.1) is 11.7 Å². The Bertz CT molecular complexity index is 794. The topological polar surface area (TPSA) is 79.4 Å². The van der Waals surface area contributed by atoms with Crippen LogP contribution in [0.3, 0.4) is 0 Å². The molecule has 3 aromatic rings. The average molecular weight is 280 g/mol. The van der Waals surface area contributed by atoms with Crippen molar-refractivity contribution < 1.29 is 0 Å². The molecule has 2 N–H and O–H groups in total. The van der Waals surface area contributed by atoms with E-state index in [1.165, 1.54) is 11.3 Å². The second-order valence-corrected chi connectivity index (χ2v) is 5.50. The van der Waals surface area contributed by atoms with E-state index in [9.17, 15) is 0 Å². The standard InChI is InChI=1S/C15H16N6/c1-9-2-4-13-14(19-9)15(17-8-16-13)20-11-3-5-12-10(6-11)7-18-21-12/h2,4,7-8,11H,3,5-6H2,1H3,(H,18,21)(H,16,17,20). The van der Waals surface area contributed by atoms with E-state index in [1.807, 2.05) is 25.3 Å². The van der Waals surface area contributed by atoms with Crippen LogP contribution in [0, 0.1) is 6.92 Å². The van der Waals surface area contributed by atoms with Crippen LogP contribution in [0.1, 0.15) is 23.4 Å². The van der Waals surface area contributed by atoms with Crippen LogP contribution in [0.2, 0.25) is 0 Å². The molecule has 1 atom stereocenters. The summed E-state index contributed by atoms with van der Waals surface area (Å²) in [6, 6.07) is 4.31. The maximum Gasteiger partial charge on any atom is 0.156 e. The number of nitrogens with one attached hydrogen (secondary N) is 2. The van der Waals surface area contributed by atoms with E-state index in [1.54, 1.807) is 6.33 Å². The predicted molar refractivity (Wildman–Crippen MR) is 80.1 cm³/mol. The van der Waals surface area contributed by atoms with Crippen molar-refractivity contribution in [2.45, 2.75) is 32.2 Å². The Kier molecular flexibility index (Phi) is 2.80. The molecule has 4 rings (SSSR count). The van der Waals surface area contributed by atoms with Gasteiger partial charge < -0.3 is 5.32 Å². The molecule has 0 fully saturated rings. The van der Waals surface area contributed by atoms with Gasteiger partial charge in [0.25, 0.3) is 0 Å². The minimum absolute atomic E-state index is 0.357. The van der Waals surface area contributed by atoms with Gasteiger partial charge in [0.2, 0.25) is 0 Å². The van der Waals surface area contributed by atoms with Crippen molar-refractivity contribution in [1.82, 2.24) is 25.1 Å². The first-order valence-electron chi connectivity index (χ1n) is 7.15. The SMILES string of the molecule is Cc1ccc2ncnc(NC3CCc4[nH]ncc4C3)c2n1. The maximum atomic E-state index is 4.57. The number of rotatable bonds is 2. The van der Waals surface area contributed by atoms with Crippen LogP contribution in [-0.4, -0.2) is 31.2 Å². The van der Waals surface area contributed by atoms with Crippen LogP contribution in [0.5, 0.6) is 0 Å². The second-order valence-electron chi connectivity index (χ2n) is 5.50. The van der Waals surface area contributed by atoms with Crippen molar-refractivity contribution in [3.8, 4) is 0 Å². The van der Waals surface area contributed by atoms with Crippen LogP contribution >= 0.6 is 0 Å². The third kappa shape index (κ3) is 2.22. The molecule has 3 heterocycles. The Hall–Kier alpha value is -2.50. The molecule has 3 aromatic heterocycles. The Labute approximate surface area is 122 Å². The molecule has 0 saturated carbocycles. The Morgan fingerprint density at radius 2 is 2.24 bits per heavy atom. The number of fused-ring (bicyclic) bond motifs is 2. The highest BCUT2D eigenvalue weighted by Crippen LogP contribution is 2.24. The van der Waals surface area contributed by atoms with Crippen molar-refractivity contribution in [2.24, 2.45) is 0 Å². The molecule has 0 saturated heterocycles. The number of H-pyrrole nitrogens is 1. The molecule has 21 heavy (non-hydrogen) atoms. The molecule has 6 heteroatoms. The summed E-state index contributed by atoms with van der Waals surface area (Å²) in [5.41, 5.74) is 5.24. The van der Waals surface area contributed by atoms with Gasteiger partial charge in [-0.1, -0.05) is 0 Å². The number of aryl methyl sites for hydroxylation is 2. The van der Waals surface area contributed by atoms with E-state index in [0.29, 0.717) is 6.04 Å². The number of aromatic nitrogens is 5. The fourth-order valence-corrected chi connectivity index (χ4v) is 2.88. The average Bonchev–Trinajstić information content (AvgIpc) is 2.95. The third-order valence-corrected chi connectivity index (χ3v) is 3.98. The summed E-state index contributed by atoms with van der Waals surface area (Å²) in [5.74, 6) is 0.820. The second kappa shape index (κ2) is 4.80. The highest BCUT2D eigenvalue weighted by atomic mass is 15.1. The largest absolute Gasteiger partial charge is 0.365 e. The first-order chi connectivity index (χ1) is 10.3. The van der Waals surface area contributed by atoms with Gasteiger partial charge in [0, 0.05) is 17.4 Å². The molecule has 0 bridgehead atoms. The molecule has 0 aliphatic heterocycles. The van der Waals surface area contributed by atoms with Crippen molar-refractivity contribution in [2.75, 3.05) is 5.32 Å². The zero-order chi connectivity index (χ0) is 14.2. The van der Waals surface area contributed by atoms with E-state index in [0.717, 1.165) is 41.8 Å². The summed E-state index contributed by atoms with van der Waals surface area (Å²) in [6.07, 6.45) is 6.55. The fourth-order valence-electron chi connectivity index (χ4n) is 2.88. The lowest BCUT2D eigenvalue weighted by Crippen LogP contribution is -2.27. The molecule has 6 nitrogen and oxygen atoms in total. The predicted octanol–water partition coefficient (Wildman–Crippen LogP) is 2.03. The van der Waals surface area contributed by atoms with Crippen LogP contribution < -0.4 is 5.32 Å². The van der Waals surface area contributed by atoms with Gasteiger partial charge in [-0.25, -0.2) is 15.0 Å². The van der Waals surface area contributed by atoms with Gasteiger partial charge in [0.15, 0.2) is 5.82 Å². The molecule has 1 unspecified atom stereocenters. The number of anilines is 1. The number of hydrogen-bond acceptors (Lipinski definition) is 5. The number of aromatic amines is 1. The number of nitrogens with zero attached hydrogens (tertiary/aromatic N) is 4. The van der Waals surface area contributed by atoms with Gasteiger partial charge >= 0.3 is 0 Å². The van der Waals surface area contributed by atoms with Gasteiger partial charge in [0.1, 0.15) is 11.8 Å². The first kappa shape index (κ1) is 12.3. The van der Waals surface area contributed by atoms with Crippen molar-refractivity contribution in [3.05, 3.63) is 41.6 Å². The third-order valence-electron chi connectivity index (χ3n) is 3.98. The molecular formula is C15H16N6. The van der Waals surface area contributed by atoms with Crippen molar-refractivity contribution >= 4 is 16.9 Å². The maximum absolute atomic E-state index is 4.57. The summed E-state index contributed by atoms with van der Waals surface area (Å²) < 4.78 is 0. The smallest absolute Gasteiger partial charge is 0.156 e. The summed E-state index contributed by atoms with van der Waals surface area (Å²) in [7, 11) is 0. The molecule has 0 amide bonds. The highest BCUT2D eigenvalue weighted by molar-refractivity contribution is 5.84. The highest BCUT2D eigenvalue weighted by Gasteiger charge is 2.21. The molecule has 0 aromatic carbocycles. The van der Waals surface area contributed by atoms with Crippen LogP contribution in [0.15, 0.2) is 24.7 Å². The normalized spacial score (nSPS) is 17.7. The van der Waals surface area contributed by atoms with E-state index in [-0.39, 0.29) is 0 Å².